The number of rotatable bonds is 7. The van der Waals surface area contributed by atoms with Crippen LogP contribution < -0.4 is 10.1 Å². The number of alkyl halides is 1. The highest BCUT2D eigenvalue weighted by atomic mass is 35.5. The minimum Gasteiger partial charge on any atom is -0.496 e. The zero-order valence-corrected chi connectivity index (χ0v) is 12.9. The molecule has 5 heteroatoms. The van der Waals surface area contributed by atoms with Crippen molar-refractivity contribution in [1.82, 2.24) is 5.32 Å². The van der Waals surface area contributed by atoms with Crippen LogP contribution in [0, 0.1) is 11.2 Å². The number of hydrogen-bond acceptors (Lipinski definition) is 2. The van der Waals surface area contributed by atoms with Crippen LogP contribution in [0.5, 0.6) is 5.75 Å². The van der Waals surface area contributed by atoms with Gasteiger partial charge in [0.2, 0.25) is 0 Å². The Labute approximate surface area is 124 Å². The lowest BCUT2D eigenvalue weighted by molar-refractivity contribution is 0.0924. The van der Waals surface area contributed by atoms with Crippen molar-refractivity contribution in [3.8, 4) is 5.75 Å². The molecule has 0 atom stereocenters. The van der Waals surface area contributed by atoms with E-state index in [1.165, 1.54) is 19.2 Å². The molecule has 0 fully saturated rings. The summed E-state index contributed by atoms with van der Waals surface area (Å²) in [5, 5.41) is 2.76. The Bertz CT molecular complexity index is 453. The molecule has 0 aliphatic heterocycles. The van der Waals surface area contributed by atoms with Crippen LogP contribution in [-0.4, -0.2) is 25.4 Å². The third-order valence-corrected chi connectivity index (χ3v) is 4.40. The zero-order chi connectivity index (χ0) is 15.2. The fourth-order valence-corrected chi connectivity index (χ4v) is 2.46. The molecule has 0 unspecified atom stereocenters. The predicted octanol–water partition coefficient (Wildman–Crippen LogP) is 3.61. The Morgan fingerprint density at radius 3 is 2.55 bits per heavy atom. The molecule has 0 aromatic heterocycles. The minimum absolute atomic E-state index is 0.0642. The van der Waals surface area contributed by atoms with Gasteiger partial charge in [-0.1, -0.05) is 19.9 Å². The zero-order valence-electron chi connectivity index (χ0n) is 12.1. The van der Waals surface area contributed by atoms with E-state index in [1.54, 1.807) is 6.07 Å². The van der Waals surface area contributed by atoms with E-state index >= 15 is 0 Å². The van der Waals surface area contributed by atoms with Gasteiger partial charge in [-0.25, -0.2) is 4.39 Å². The number of benzene rings is 1. The summed E-state index contributed by atoms with van der Waals surface area (Å²) in [5.41, 5.74) is -0.221. The number of methoxy groups -OCH3 is 1. The van der Waals surface area contributed by atoms with E-state index < -0.39 is 11.7 Å². The van der Waals surface area contributed by atoms with Crippen LogP contribution in [0.4, 0.5) is 4.39 Å². The summed E-state index contributed by atoms with van der Waals surface area (Å²) in [6.07, 6.45) is 1.70. The first-order valence-electron chi connectivity index (χ1n) is 6.70. The number of amides is 1. The van der Waals surface area contributed by atoms with E-state index in [0.29, 0.717) is 12.4 Å². The van der Waals surface area contributed by atoms with Gasteiger partial charge in [0.15, 0.2) is 0 Å². The molecule has 112 valence electrons. The van der Waals surface area contributed by atoms with E-state index in [0.717, 1.165) is 12.8 Å². The van der Waals surface area contributed by atoms with Gasteiger partial charge in [0.1, 0.15) is 17.1 Å². The third kappa shape index (κ3) is 3.63. The van der Waals surface area contributed by atoms with Gasteiger partial charge in [-0.15, -0.1) is 11.6 Å². The lowest BCUT2D eigenvalue weighted by Crippen LogP contribution is -2.38. The number of halogens is 2. The molecular formula is C15H21ClFNO2. The largest absolute Gasteiger partial charge is 0.496 e. The van der Waals surface area contributed by atoms with Crippen LogP contribution in [0.25, 0.3) is 0 Å². The van der Waals surface area contributed by atoms with Crippen molar-refractivity contribution in [2.24, 2.45) is 5.41 Å². The van der Waals surface area contributed by atoms with Crippen LogP contribution in [-0.2, 0) is 0 Å². The molecule has 1 aromatic rings. The van der Waals surface area contributed by atoms with Crippen molar-refractivity contribution in [2.45, 2.75) is 26.7 Å². The van der Waals surface area contributed by atoms with Crippen molar-refractivity contribution in [3.63, 3.8) is 0 Å². The summed E-state index contributed by atoms with van der Waals surface area (Å²) < 4.78 is 18.8. The van der Waals surface area contributed by atoms with Gasteiger partial charge >= 0.3 is 0 Å². The molecule has 1 aromatic carbocycles. The topological polar surface area (TPSA) is 38.3 Å². The van der Waals surface area contributed by atoms with Crippen LogP contribution in [0.15, 0.2) is 18.2 Å². The first kappa shape index (κ1) is 16.8. The van der Waals surface area contributed by atoms with Crippen molar-refractivity contribution < 1.29 is 13.9 Å². The predicted molar refractivity (Wildman–Crippen MR) is 79.0 cm³/mol. The summed E-state index contributed by atoms with van der Waals surface area (Å²) >= 11 is 5.99. The number of carbonyl (C=O) groups is 1. The van der Waals surface area contributed by atoms with Crippen LogP contribution in [0.2, 0.25) is 0 Å². The quantitative estimate of drug-likeness (QED) is 0.781. The lowest BCUT2D eigenvalue weighted by Gasteiger charge is -2.29. The second-order valence-corrected chi connectivity index (χ2v) is 5.11. The Kier molecular flexibility index (Phi) is 6.27. The van der Waals surface area contributed by atoms with Crippen LogP contribution >= 0.6 is 11.6 Å². The van der Waals surface area contributed by atoms with Gasteiger partial charge in [0.25, 0.3) is 5.91 Å². The number of nitrogens with one attached hydrogen (secondary N) is 1. The minimum atomic E-state index is -0.591. The molecule has 0 radical (unpaired) electrons. The molecular weight excluding hydrogens is 281 g/mol. The fraction of sp³-hybridized carbons (Fsp3) is 0.533. The number of carbonyl (C=O) groups excluding carboxylic acids is 1. The van der Waals surface area contributed by atoms with Crippen LogP contribution in [0.1, 0.15) is 37.0 Å². The number of hydrogen-bond donors (Lipinski definition) is 1. The average molecular weight is 302 g/mol. The van der Waals surface area contributed by atoms with Gasteiger partial charge in [0.05, 0.1) is 7.11 Å². The molecule has 0 saturated heterocycles. The first-order chi connectivity index (χ1) is 9.53. The SMILES string of the molecule is CCC(CC)(CCl)CNC(=O)c1c(F)cccc1OC. The molecule has 0 heterocycles. The summed E-state index contributed by atoms with van der Waals surface area (Å²) in [4.78, 5) is 12.2. The van der Waals surface area contributed by atoms with E-state index in [1.807, 2.05) is 13.8 Å². The Hall–Kier alpha value is -1.29. The van der Waals surface area contributed by atoms with Gasteiger partial charge < -0.3 is 10.1 Å². The molecule has 0 bridgehead atoms. The smallest absolute Gasteiger partial charge is 0.258 e. The maximum absolute atomic E-state index is 13.8. The Morgan fingerprint density at radius 2 is 2.05 bits per heavy atom. The molecule has 1 rings (SSSR count). The van der Waals surface area contributed by atoms with Crippen molar-refractivity contribution in [3.05, 3.63) is 29.6 Å². The second-order valence-electron chi connectivity index (χ2n) is 4.84. The third-order valence-electron chi connectivity index (χ3n) is 3.83. The summed E-state index contributed by atoms with van der Waals surface area (Å²) in [6.45, 7) is 4.48. The molecule has 0 aliphatic carbocycles. The molecule has 0 spiro atoms. The van der Waals surface area contributed by atoms with E-state index in [4.69, 9.17) is 16.3 Å². The van der Waals surface area contributed by atoms with Crippen molar-refractivity contribution in [2.75, 3.05) is 19.5 Å². The fourth-order valence-electron chi connectivity index (χ4n) is 1.99. The highest BCUT2D eigenvalue weighted by Crippen LogP contribution is 2.27. The lowest BCUT2D eigenvalue weighted by atomic mass is 9.84. The van der Waals surface area contributed by atoms with Crippen LogP contribution in [0.3, 0.4) is 0 Å². The summed E-state index contributed by atoms with van der Waals surface area (Å²) in [7, 11) is 1.41. The molecule has 0 aliphatic rings. The maximum atomic E-state index is 13.8. The molecule has 1 amide bonds. The van der Waals surface area contributed by atoms with E-state index in [2.05, 4.69) is 5.32 Å². The maximum Gasteiger partial charge on any atom is 0.258 e. The van der Waals surface area contributed by atoms with Gasteiger partial charge in [-0.05, 0) is 25.0 Å². The Balaban J connectivity index is 2.87. The highest BCUT2D eigenvalue weighted by Gasteiger charge is 2.27. The van der Waals surface area contributed by atoms with Crippen molar-refractivity contribution >= 4 is 17.5 Å². The van der Waals surface area contributed by atoms with E-state index in [-0.39, 0.29) is 16.7 Å². The second kappa shape index (κ2) is 7.48. The molecule has 1 N–H and O–H groups in total. The Morgan fingerprint density at radius 1 is 1.40 bits per heavy atom. The van der Waals surface area contributed by atoms with Crippen molar-refractivity contribution in [1.29, 1.82) is 0 Å². The monoisotopic (exact) mass is 301 g/mol. The normalized spacial score (nSPS) is 11.2. The highest BCUT2D eigenvalue weighted by molar-refractivity contribution is 6.18. The number of ether oxygens (including phenoxy) is 1. The standard InChI is InChI=1S/C15H21ClFNO2/c1-4-15(5-2,9-16)10-18-14(19)13-11(17)7-6-8-12(13)20-3/h6-8H,4-5,9-10H2,1-3H3,(H,18,19). The molecule has 0 saturated carbocycles. The van der Waals surface area contributed by atoms with E-state index in [9.17, 15) is 9.18 Å². The summed E-state index contributed by atoms with van der Waals surface area (Å²) in [6, 6.07) is 4.31. The molecule has 3 nitrogen and oxygen atoms in total. The molecule has 20 heavy (non-hydrogen) atoms. The average Bonchev–Trinajstić information content (AvgIpc) is 2.48. The summed E-state index contributed by atoms with van der Waals surface area (Å²) in [5.74, 6) is -0.385. The van der Waals surface area contributed by atoms with Gasteiger partial charge in [-0.3, -0.25) is 4.79 Å². The van der Waals surface area contributed by atoms with Gasteiger partial charge in [0, 0.05) is 17.8 Å². The van der Waals surface area contributed by atoms with Gasteiger partial charge in [-0.2, -0.15) is 0 Å². The first-order valence-corrected chi connectivity index (χ1v) is 7.23.